The topological polar surface area (TPSA) is 55.5 Å². The molecule has 128 valence electrons. The molecule has 3 aromatic heterocycles. The smallest absolute Gasteiger partial charge is 0.435 e. The van der Waals surface area contributed by atoms with E-state index in [4.69, 9.17) is 4.74 Å². The van der Waals surface area contributed by atoms with Crippen LogP contribution in [0.15, 0.2) is 42.8 Å². The maximum absolute atomic E-state index is 13.4. The van der Waals surface area contributed by atoms with Crippen LogP contribution in [-0.4, -0.2) is 31.0 Å². The van der Waals surface area contributed by atoms with E-state index in [9.17, 15) is 13.2 Å². The first-order chi connectivity index (χ1) is 12.0. The Morgan fingerprint density at radius 3 is 2.84 bits per heavy atom. The van der Waals surface area contributed by atoms with Crippen LogP contribution in [0.25, 0.3) is 22.9 Å². The van der Waals surface area contributed by atoms with Crippen molar-refractivity contribution in [3.63, 3.8) is 0 Å². The standard InChI is InChI=1S/C16H12F3N5O/c1-2-23-8-9-25-12(23)6-5-10-13(16(17,18)19)22-24-14(10)21-11-4-3-7-20-15(11)24/h3-9H,2H2,1H3/b10-5-,12-6-. The van der Waals surface area contributed by atoms with Gasteiger partial charge in [0.2, 0.25) is 0 Å². The van der Waals surface area contributed by atoms with Crippen LogP contribution in [0.3, 0.4) is 0 Å². The summed E-state index contributed by atoms with van der Waals surface area (Å²) in [6.07, 6.45) is 2.86. The number of hydrogen-bond acceptors (Lipinski definition) is 5. The lowest BCUT2D eigenvalue weighted by molar-refractivity contribution is -0.142. The van der Waals surface area contributed by atoms with Gasteiger partial charge < -0.3 is 9.64 Å². The second-order valence-electron chi connectivity index (χ2n) is 5.31. The third kappa shape index (κ3) is 2.48. The number of ether oxygens (including phenoxy) is 1. The quantitative estimate of drug-likeness (QED) is 0.713. The van der Waals surface area contributed by atoms with E-state index in [1.165, 1.54) is 24.6 Å². The zero-order valence-electron chi connectivity index (χ0n) is 13.0. The van der Waals surface area contributed by atoms with E-state index in [1.807, 2.05) is 6.92 Å². The van der Waals surface area contributed by atoms with Crippen molar-refractivity contribution < 1.29 is 17.9 Å². The summed E-state index contributed by atoms with van der Waals surface area (Å²) in [5.74, 6) is 0.434. The molecular weight excluding hydrogens is 335 g/mol. The van der Waals surface area contributed by atoms with E-state index in [1.54, 1.807) is 23.2 Å². The third-order valence-electron chi connectivity index (χ3n) is 3.80. The van der Waals surface area contributed by atoms with E-state index in [-0.39, 0.29) is 16.5 Å². The summed E-state index contributed by atoms with van der Waals surface area (Å²) in [6, 6.07) is 3.34. The molecule has 0 spiro atoms. The fourth-order valence-electron chi connectivity index (χ4n) is 2.66. The van der Waals surface area contributed by atoms with E-state index in [0.29, 0.717) is 17.9 Å². The van der Waals surface area contributed by atoms with Gasteiger partial charge in [-0.05, 0) is 31.2 Å². The van der Waals surface area contributed by atoms with Crippen LogP contribution in [0.4, 0.5) is 13.2 Å². The zero-order chi connectivity index (χ0) is 17.6. The Balaban J connectivity index is 1.97. The van der Waals surface area contributed by atoms with Crippen molar-refractivity contribution in [3.8, 4) is 0 Å². The van der Waals surface area contributed by atoms with Gasteiger partial charge in [-0.25, -0.2) is 9.97 Å². The molecule has 3 aromatic rings. The van der Waals surface area contributed by atoms with Gasteiger partial charge in [0.15, 0.2) is 22.9 Å². The molecule has 0 bridgehead atoms. The SMILES string of the molecule is CCN1C=CO/C1=C\C=c1\c(C(F)(F)F)nn2c1nc1cccnc12. The molecule has 1 aliphatic heterocycles. The summed E-state index contributed by atoms with van der Waals surface area (Å²) < 4.78 is 46.6. The summed E-state index contributed by atoms with van der Waals surface area (Å²) in [5.41, 5.74) is -0.139. The first-order valence-corrected chi connectivity index (χ1v) is 7.51. The molecule has 4 rings (SSSR count). The average molecular weight is 347 g/mol. The molecule has 0 saturated carbocycles. The second-order valence-corrected chi connectivity index (χ2v) is 5.31. The van der Waals surface area contributed by atoms with Crippen LogP contribution in [0.5, 0.6) is 0 Å². The summed E-state index contributed by atoms with van der Waals surface area (Å²) in [5, 5.41) is 3.57. The Bertz CT molecular complexity index is 1070. The molecule has 0 aliphatic carbocycles. The van der Waals surface area contributed by atoms with Crippen LogP contribution in [-0.2, 0) is 10.9 Å². The van der Waals surface area contributed by atoms with Crippen molar-refractivity contribution in [1.29, 1.82) is 0 Å². The second kappa shape index (κ2) is 5.47. The van der Waals surface area contributed by atoms with Crippen molar-refractivity contribution in [2.45, 2.75) is 13.1 Å². The highest BCUT2D eigenvalue weighted by atomic mass is 19.4. The van der Waals surface area contributed by atoms with Gasteiger partial charge in [-0.15, -0.1) is 0 Å². The molecule has 9 heteroatoms. The largest absolute Gasteiger partial charge is 0.447 e. The molecule has 0 N–H and O–H groups in total. The molecule has 6 nitrogen and oxygen atoms in total. The van der Waals surface area contributed by atoms with Gasteiger partial charge in [0.1, 0.15) is 11.8 Å². The Labute approximate surface area is 139 Å². The number of pyridine rings is 1. The number of halogens is 3. The lowest BCUT2D eigenvalue weighted by Gasteiger charge is -2.12. The van der Waals surface area contributed by atoms with Crippen molar-refractivity contribution in [2.24, 2.45) is 0 Å². The molecule has 0 fully saturated rings. The maximum atomic E-state index is 13.4. The number of nitrogens with zero attached hydrogens (tertiary/aromatic N) is 5. The summed E-state index contributed by atoms with van der Waals surface area (Å²) >= 11 is 0. The Morgan fingerprint density at radius 2 is 2.08 bits per heavy atom. The monoisotopic (exact) mass is 347 g/mol. The van der Waals surface area contributed by atoms with Gasteiger partial charge in [0.25, 0.3) is 0 Å². The van der Waals surface area contributed by atoms with Gasteiger partial charge >= 0.3 is 6.18 Å². The van der Waals surface area contributed by atoms with Gasteiger partial charge in [0, 0.05) is 18.9 Å². The maximum Gasteiger partial charge on any atom is 0.435 e. The molecule has 0 radical (unpaired) electrons. The Morgan fingerprint density at radius 1 is 1.24 bits per heavy atom. The van der Waals surface area contributed by atoms with Crippen molar-refractivity contribution in [2.75, 3.05) is 6.54 Å². The molecule has 4 heterocycles. The fourth-order valence-corrected chi connectivity index (χ4v) is 2.66. The van der Waals surface area contributed by atoms with E-state index < -0.39 is 11.9 Å². The van der Waals surface area contributed by atoms with Crippen molar-refractivity contribution >= 4 is 22.9 Å². The summed E-state index contributed by atoms with van der Waals surface area (Å²) in [7, 11) is 0. The Kier molecular flexibility index (Phi) is 3.38. The summed E-state index contributed by atoms with van der Waals surface area (Å²) in [4.78, 5) is 10.1. The molecule has 0 amide bonds. The normalized spacial score (nSPS) is 17.4. The summed E-state index contributed by atoms with van der Waals surface area (Å²) in [6.45, 7) is 2.54. The molecule has 0 aromatic carbocycles. The van der Waals surface area contributed by atoms with E-state index in [2.05, 4.69) is 15.1 Å². The minimum absolute atomic E-state index is 0.104. The van der Waals surface area contributed by atoms with Crippen molar-refractivity contribution in [3.05, 3.63) is 53.7 Å². The highest BCUT2D eigenvalue weighted by Crippen LogP contribution is 2.27. The molecule has 0 saturated heterocycles. The van der Waals surface area contributed by atoms with Crippen LogP contribution in [0, 0.1) is 0 Å². The molecule has 0 unspecified atom stereocenters. The van der Waals surface area contributed by atoms with E-state index in [0.717, 1.165) is 4.52 Å². The number of rotatable bonds is 2. The van der Waals surface area contributed by atoms with Crippen LogP contribution < -0.4 is 5.22 Å². The number of fused-ring (bicyclic) bond motifs is 3. The van der Waals surface area contributed by atoms with E-state index >= 15 is 0 Å². The van der Waals surface area contributed by atoms with Gasteiger partial charge in [-0.1, -0.05) is 0 Å². The third-order valence-corrected chi connectivity index (χ3v) is 3.80. The molecule has 0 atom stereocenters. The number of imidazole rings is 1. The zero-order valence-corrected chi connectivity index (χ0v) is 13.0. The van der Waals surface area contributed by atoms with Crippen LogP contribution in [0.2, 0.25) is 0 Å². The first kappa shape index (κ1) is 15.4. The lowest BCUT2D eigenvalue weighted by atomic mass is 10.3. The molecule has 1 aliphatic rings. The van der Waals surface area contributed by atoms with Crippen molar-refractivity contribution in [1.82, 2.24) is 24.5 Å². The van der Waals surface area contributed by atoms with Gasteiger partial charge in [-0.3, -0.25) is 0 Å². The lowest BCUT2D eigenvalue weighted by Crippen LogP contribution is -2.18. The number of aromatic nitrogens is 4. The highest BCUT2D eigenvalue weighted by Gasteiger charge is 2.37. The minimum Gasteiger partial charge on any atom is -0.447 e. The van der Waals surface area contributed by atoms with Crippen LogP contribution >= 0.6 is 0 Å². The molecule has 25 heavy (non-hydrogen) atoms. The van der Waals surface area contributed by atoms with Gasteiger partial charge in [0.05, 0.1) is 5.22 Å². The fraction of sp³-hybridized carbons (Fsp3) is 0.188. The minimum atomic E-state index is -4.61. The number of alkyl halides is 3. The number of allylic oxidation sites excluding steroid dienone is 1. The Hall–Kier alpha value is -3.10. The first-order valence-electron chi connectivity index (χ1n) is 7.51. The predicted octanol–water partition coefficient (Wildman–Crippen LogP) is 2.46. The number of hydrogen-bond donors (Lipinski definition) is 0. The molecular formula is C16H12F3N5O. The van der Waals surface area contributed by atoms with Gasteiger partial charge in [-0.2, -0.15) is 22.8 Å². The highest BCUT2D eigenvalue weighted by molar-refractivity contribution is 5.77. The average Bonchev–Trinajstić information content (AvgIpc) is 3.25. The predicted molar refractivity (Wildman–Crippen MR) is 83.7 cm³/mol. The van der Waals surface area contributed by atoms with Crippen LogP contribution in [0.1, 0.15) is 12.6 Å².